The maximum Gasteiger partial charge on any atom is 0.0404 e. The molecule has 60 valence electrons. The Kier molecular flexibility index (Phi) is 9.62. The van der Waals surface area contributed by atoms with Crippen LogP contribution in [-0.2, 0) is 0 Å². The highest BCUT2D eigenvalue weighted by molar-refractivity contribution is 6.18. The molecule has 0 fully saturated rings. The molecule has 0 aromatic rings. The Balaban J connectivity index is 2.83. The van der Waals surface area contributed by atoms with E-state index in [1.807, 2.05) is 6.08 Å². The molecule has 0 bridgehead atoms. The van der Waals surface area contributed by atoms with Gasteiger partial charge < -0.3 is 0 Å². The second-order valence-corrected chi connectivity index (χ2v) is 2.85. The van der Waals surface area contributed by atoms with E-state index in [1.54, 1.807) is 0 Å². The molecule has 0 unspecified atom stereocenters. The van der Waals surface area contributed by atoms with E-state index in [9.17, 15) is 0 Å². The van der Waals surface area contributed by atoms with Crippen LogP contribution in [0, 0.1) is 0 Å². The fourth-order valence-corrected chi connectivity index (χ4v) is 1.03. The maximum absolute atomic E-state index is 5.50. The van der Waals surface area contributed by atoms with E-state index in [0.29, 0.717) is 5.88 Å². The number of unbranched alkanes of at least 4 members (excludes halogenated alkanes) is 3. The van der Waals surface area contributed by atoms with Gasteiger partial charge in [0.1, 0.15) is 0 Å². The quantitative estimate of drug-likeness (QED) is 0.333. The molecule has 10 heavy (non-hydrogen) atoms. The predicted molar refractivity (Wildman–Crippen MR) is 49.0 cm³/mol. The summed E-state index contributed by atoms with van der Waals surface area (Å²) in [5.41, 5.74) is 0. The van der Waals surface area contributed by atoms with Crippen LogP contribution in [0.1, 0.15) is 25.7 Å². The van der Waals surface area contributed by atoms with Crippen molar-refractivity contribution in [3.05, 3.63) is 12.2 Å². The first kappa shape index (κ1) is 10.3. The number of allylic oxidation sites excluding steroid dienone is 2. The lowest BCUT2D eigenvalue weighted by molar-refractivity contribution is 0.732. The van der Waals surface area contributed by atoms with Gasteiger partial charge in [-0.2, -0.15) is 0 Å². The smallest absolute Gasteiger partial charge is 0.0404 e. The standard InChI is InChI=1S/C8H14Cl2/c9-7-5-3-1-2-4-6-8-10/h3,5H,1-2,4,6-8H2. The van der Waals surface area contributed by atoms with E-state index >= 15 is 0 Å². The topological polar surface area (TPSA) is 0 Å². The summed E-state index contributed by atoms with van der Waals surface area (Å²) < 4.78 is 0. The fourth-order valence-electron chi connectivity index (χ4n) is 0.714. The average Bonchev–Trinajstić information content (AvgIpc) is 1.97. The first-order valence-electron chi connectivity index (χ1n) is 3.68. The maximum atomic E-state index is 5.50. The average molecular weight is 181 g/mol. The number of halogens is 2. The van der Waals surface area contributed by atoms with Crippen molar-refractivity contribution in [3.63, 3.8) is 0 Å². The van der Waals surface area contributed by atoms with E-state index in [2.05, 4.69) is 6.08 Å². The first-order chi connectivity index (χ1) is 4.91. The van der Waals surface area contributed by atoms with Gasteiger partial charge in [0.25, 0.3) is 0 Å². The largest absolute Gasteiger partial charge is 0.127 e. The van der Waals surface area contributed by atoms with Crippen LogP contribution in [0.2, 0.25) is 0 Å². The third-order valence-corrected chi connectivity index (χ3v) is 1.71. The summed E-state index contributed by atoms with van der Waals surface area (Å²) in [7, 11) is 0. The zero-order valence-electron chi connectivity index (χ0n) is 6.15. The van der Waals surface area contributed by atoms with Crippen LogP contribution >= 0.6 is 23.2 Å². The van der Waals surface area contributed by atoms with Crippen molar-refractivity contribution in [2.45, 2.75) is 25.7 Å². The highest BCUT2D eigenvalue weighted by Crippen LogP contribution is 2.01. The molecule has 0 saturated heterocycles. The summed E-state index contributed by atoms with van der Waals surface area (Å²) >= 11 is 10.9. The van der Waals surface area contributed by atoms with Crippen LogP contribution in [-0.4, -0.2) is 11.8 Å². The minimum absolute atomic E-state index is 0.634. The Labute approximate surface area is 73.2 Å². The summed E-state index contributed by atoms with van der Waals surface area (Å²) in [6.45, 7) is 0. The zero-order valence-corrected chi connectivity index (χ0v) is 7.67. The molecule has 0 aliphatic heterocycles. The Morgan fingerprint density at radius 2 is 1.70 bits per heavy atom. The van der Waals surface area contributed by atoms with Gasteiger partial charge in [-0.15, -0.1) is 23.2 Å². The molecule has 0 rings (SSSR count). The van der Waals surface area contributed by atoms with Crippen LogP contribution < -0.4 is 0 Å². The monoisotopic (exact) mass is 180 g/mol. The number of rotatable bonds is 6. The van der Waals surface area contributed by atoms with Crippen molar-refractivity contribution in [3.8, 4) is 0 Å². The molecule has 0 amide bonds. The molecule has 0 heterocycles. The molecule has 0 atom stereocenters. The van der Waals surface area contributed by atoms with Crippen molar-refractivity contribution in [2.75, 3.05) is 11.8 Å². The summed E-state index contributed by atoms with van der Waals surface area (Å²) in [4.78, 5) is 0. The van der Waals surface area contributed by atoms with Gasteiger partial charge in [-0.3, -0.25) is 0 Å². The first-order valence-corrected chi connectivity index (χ1v) is 4.75. The highest BCUT2D eigenvalue weighted by atomic mass is 35.5. The van der Waals surface area contributed by atoms with Crippen LogP contribution in [0.15, 0.2) is 12.2 Å². The number of hydrogen-bond donors (Lipinski definition) is 0. The number of alkyl halides is 2. The minimum atomic E-state index is 0.634. The number of hydrogen-bond acceptors (Lipinski definition) is 0. The minimum Gasteiger partial charge on any atom is -0.127 e. The van der Waals surface area contributed by atoms with Crippen LogP contribution in [0.5, 0.6) is 0 Å². The summed E-state index contributed by atoms with van der Waals surface area (Å²) in [6, 6.07) is 0. The van der Waals surface area contributed by atoms with Crippen LogP contribution in [0.3, 0.4) is 0 Å². The molecule has 0 aromatic heterocycles. The molecular weight excluding hydrogens is 167 g/mol. The van der Waals surface area contributed by atoms with Crippen molar-refractivity contribution in [1.82, 2.24) is 0 Å². The molecule has 0 aliphatic carbocycles. The molecule has 0 nitrogen and oxygen atoms in total. The van der Waals surface area contributed by atoms with Crippen molar-refractivity contribution in [1.29, 1.82) is 0 Å². The van der Waals surface area contributed by atoms with E-state index < -0.39 is 0 Å². The SMILES string of the molecule is ClCC=CCCCCCCl. The Morgan fingerprint density at radius 1 is 0.900 bits per heavy atom. The van der Waals surface area contributed by atoms with Gasteiger partial charge in [0.2, 0.25) is 0 Å². The van der Waals surface area contributed by atoms with E-state index in [4.69, 9.17) is 23.2 Å². The van der Waals surface area contributed by atoms with Gasteiger partial charge in [0.15, 0.2) is 0 Å². The highest BCUT2D eigenvalue weighted by Gasteiger charge is 1.83. The summed E-state index contributed by atoms with van der Waals surface area (Å²) in [5.74, 6) is 1.43. The van der Waals surface area contributed by atoms with E-state index in [0.717, 1.165) is 18.7 Å². The molecule has 0 aliphatic rings. The Hall–Kier alpha value is 0.320. The molecule has 0 spiro atoms. The molecular formula is C8H14Cl2. The second kappa shape index (κ2) is 9.32. The van der Waals surface area contributed by atoms with Gasteiger partial charge in [0, 0.05) is 11.8 Å². The van der Waals surface area contributed by atoms with Gasteiger partial charge in [-0.1, -0.05) is 18.6 Å². The third kappa shape index (κ3) is 8.32. The van der Waals surface area contributed by atoms with Gasteiger partial charge in [0.05, 0.1) is 0 Å². The van der Waals surface area contributed by atoms with Gasteiger partial charge in [-0.25, -0.2) is 0 Å². The van der Waals surface area contributed by atoms with Crippen LogP contribution in [0.25, 0.3) is 0 Å². The van der Waals surface area contributed by atoms with E-state index in [-0.39, 0.29) is 0 Å². The Bertz CT molecular complexity index is 79.3. The van der Waals surface area contributed by atoms with Gasteiger partial charge >= 0.3 is 0 Å². The fraction of sp³-hybridized carbons (Fsp3) is 0.750. The molecule has 0 aromatic carbocycles. The Morgan fingerprint density at radius 3 is 2.30 bits per heavy atom. The molecule has 2 heteroatoms. The van der Waals surface area contributed by atoms with Gasteiger partial charge in [-0.05, 0) is 19.3 Å². The molecule has 0 N–H and O–H groups in total. The lowest BCUT2D eigenvalue weighted by atomic mass is 10.2. The lowest BCUT2D eigenvalue weighted by Gasteiger charge is -1.92. The zero-order chi connectivity index (χ0) is 7.66. The predicted octanol–water partition coefficient (Wildman–Crippen LogP) is 3.58. The molecule has 0 radical (unpaired) electrons. The van der Waals surface area contributed by atoms with Crippen molar-refractivity contribution in [2.24, 2.45) is 0 Å². The van der Waals surface area contributed by atoms with Crippen LogP contribution in [0.4, 0.5) is 0 Å². The summed E-state index contributed by atoms with van der Waals surface area (Å²) in [6.07, 6.45) is 8.86. The summed E-state index contributed by atoms with van der Waals surface area (Å²) in [5, 5.41) is 0. The van der Waals surface area contributed by atoms with Crippen molar-refractivity contribution >= 4 is 23.2 Å². The van der Waals surface area contributed by atoms with E-state index in [1.165, 1.54) is 12.8 Å². The second-order valence-electron chi connectivity index (χ2n) is 2.16. The third-order valence-electron chi connectivity index (χ3n) is 1.26. The lowest BCUT2D eigenvalue weighted by Crippen LogP contribution is -1.76. The van der Waals surface area contributed by atoms with Crippen molar-refractivity contribution < 1.29 is 0 Å². The molecule has 0 saturated carbocycles. The normalized spacial score (nSPS) is 11.0.